The van der Waals surface area contributed by atoms with Gasteiger partial charge in [-0.1, -0.05) is 70.4 Å². The predicted octanol–water partition coefficient (Wildman–Crippen LogP) is 8.04. The van der Waals surface area contributed by atoms with Gasteiger partial charge in [-0.05, 0) is 56.7 Å². The molecular weight excluding hydrogens is 400 g/mol. The van der Waals surface area contributed by atoms with Gasteiger partial charge in [0, 0.05) is 23.9 Å². The molecule has 1 aromatic carbocycles. The van der Waals surface area contributed by atoms with E-state index in [-0.39, 0.29) is 5.97 Å². The predicted molar refractivity (Wildman–Crippen MR) is 132 cm³/mol. The van der Waals surface area contributed by atoms with E-state index in [0.29, 0.717) is 17.8 Å². The van der Waals surface area contributed by atoms with Gasteiger partial charge in [-0.3, -0.25) is 4.79 Å². The maximum Gasteiger partial charge on any atom is 0.336 e. The number of carbonyl (C=O) groups excluding carboxylic acids is 1. The molecule has 0 aliphatic heterocycles. The number of carbonyl (C=O) groups is 1. The lowest BCUT2D eigenvalue weighted by Gasteiger charge is -2.06. The molecular formula is C28H40O4. The van der Waals surface area contributed by atoms with Crippen molar-refractivity contribution in [3.8, 4) is 5.75 Å². The fourth-order valence-corrected chi connectivity index (χ4v) is 3.89. The van der Waals surface area contributed by atoms with E-state index in [1.807, 2.05) is 13.0 Å². The summed E-state index contributed by atoms with van der Waals surface area (Å²) in [5.41, 5.74) is 0.899. The van der Waals surface area contributed by atoms with Crippen molar-refractivity contribution in [2.24, 2.45) is 0 Å². The summed E-state index contributed by atoms with van der Waals surface area (Å²) >= 11 is 0. The molecule has 2 aromatic rings. The van der Waals surface area contributed by atoms with Gasteiger partial charge in [-0.25, -0.2) is 4.79 Å². The van der Waals surface area contributed by atoms with Crippen LogP contribution in [0.15, 0.2) is 45.6 Å². The normalized spacial score (nSPS) is 11.4. The lowest BCUT2D eigenvalue weighted by atomic mass is 10.1. The van der Waals surface area contributed by atoms with Gasteiger partial charge in [0.05, 0.1) is 0 Å². The zero-order valence-corrected chi connectivity index (χ0v) is 20.0. The van der Waals surface area contributed by atoms with Gasteiger partial charge in [-0.15, -0.1) is 0 Å². The zero-order valence-electron chi connectivity index (χ0n) is 20.0. The molecule has 0 saturated carbocycles. The van der Waals surface area contributed by atoms with E-state index < -0.39 is 5.63 Å². The Morgan fingerprint density at radius 3 is 2.19 bits per heavy atom. The average molecular weight is 441 g/mol. The standard InChI is InChI=1S/C28H40O4/c1-3-4-5-6-7-8-9-10-11-12-13-14-15-16-17-18-27(29)31-24-19-20-25-23(2)21-28(30)32-26(25)22-24/h10-11,19-22H,3-9,12-18H2,1-2H3/b11-10-. The van der Waals surface area contributed by atoms with Gasteiger partial charge in [0.15, 0.2) is 0 Å². The van der Waals surface area contributed by atoms with Crippen molar-refractivity contribution in [1.29, 1.82) is 0 Å². The molecule has 2 rings (SSSR count). The second kappa shape index (κ2) is 15.4. The van der Waals surface area contributed by atoms with E-state index in [1.54, 1.807) is 12.1 Å². The van der Waals surface area contributed by atoms with E-state index in [1.165, 1.54) is 63.9 Å². The summed E-state index contributed by atoms with van der Waals surface area (Å²) < 4.78 is 10.6. The molecule has 0 aliphatic carbocycles. The van der Waals surface area contributed by atoms with Gasteiger partial charge in [0.25, 0.3) is 0 Å². The van der Waals surface area contributed by atoms with Crippen LogP contribution in [-0.4, -0.2) is 5.97 Å². The van der Waals surface area contributed by atoms with Crippen LogP contribution in [0.5, 0.6) is 5.75 Å². The molecule has 4 nitrogen and oxygen atoms in total. The summed E-state index contributed by atoms with van der Waals surface area (Å²) in [4.78, 5) is 23.6. The van der Waals surface area contributed by atoms with E-state index in [0.717, 1.165) is 36.6 Å². The number of allylic oxidation sites excluding steroid dienone is 2. The quantitative estimate of drug-likeness (QED) is 0.0871. The van der Waals surface area contributed by atoms with Gasteiger partial charge in [0.2, 0.25) is 0 Å². The van der Waals surface area contributed by atoms with Crippen LogP contribution in [0, 0.1) is 6.92 Å². The minimum absolute atomic E-state index is 0.239. The summed E-state index contributed by atoms with van der Waals surface area (Å²) in [6, 6.07) is 6.63. The van der Waals surface area contributed by atoms with Gasteiger partial charge < -0.3 is 9.15 Å². The van der Waals surface area contributed by atoms with Crippen molar-refractivity contribution >= 4 is 16.9 Å². The van der Waals surface area contributed by atoms with Crippen LogP contribution < -0.4 is 10.4 Å². The highest BCUT2D eigenvalue weighted by Crippen LogP contribution is 2.22. The highest BCUT2D eigenvalue weighted by atomic mass is 16.5. The molecule has 0 amide bonds. The van der Waals surface area contributed by atoms with Crippen LogP contribution in [-0.2, 0) is 4.79 Å². The average Bonchev–Trinajstić information content (AvgIpc) is 2.76. The molecule has 1 heterocycles. The Morgan fingerprint density at radius 2 is 1.50 bits per heavy atom. The number of esters is 1. The van der Waals surface area contributed by atoms with Gasteiger partial charge >= 0.3 is 11.6 Å². The fourth-order valence-electron chi connectivity index (χ4n) is 3.89. The number of benzene rings is 1. The molecule has 4 heteroatoms. The van der Waals surface area contributed by atoms with Crippen LogP contribution >= 0.6 is 0 Å². The maximum atomic E-state index is 12.1. The monoisotopic (exact) mass is 440 g/mol. The molecule has 0 fully saturated rings. The minimum Gasteiger partial charge on any atom is -0.426 e. The fraction of sp³-hybridized carbons (Fsp3) is 0.571. The number of unbranched alkanes of at least 4 members (excludes halogenated alkanes) is 11. The van der Waals surface area contributed by atoms with Crippen molar-refractivity contribution in [2.45, 2.75) is 104 Å². The molecule has 0 N–H and O–H groups in total. The third-order valence-electron chi connectivity index (χ3n) is 5.80. The summed E-state index contributed by atoms with van der Waals surface area (Å²) in [6.45, 7) is 4.12. The Balaban J connectivity index is 1.50. The van der Waals surface area contributed by atoms with E-state index in [4.69, 9.17) is 9.15 Å². The van der Waals surface area contributed by atoms with E-state index in [2.05, 4.69) is 19.1 Å². The first kappa shape index (κ1) is 25.9. The summed E-state index contributed by atoms with van der Waals surface area (Å²) in [5.74, 6) is 0.181. The van der Waals surface area contributed by atoms with Crippen LogP contribution in [0.3, 0.4) is 0 Å². The Labute approximate surface area is 193 Å². The number of aryl methyl sites for hydroxylation is 1. The lowest BCUT2D eigenvalue weighted by molar-refractivity contribution is -0.134. The highest BCUT2D eigenvalue weighted by Gasteiger charge is 2.08. The SMILES string of the molecule is CCCCCCCC/C=C\CCCCCCCC(=O)Oc1ccc2c(C)cc(=O)oc2c1. The number of hydrogen-bond acceptors (Lipinski definition) is 4. The molecule has 32 heavy (non-hydrogen) atoms. The Kier molecular flexibility index (Phi) is 12.5. The first-order valence-electron chi connectivity index (χ1n) is 12.5. The summed E-state index contributed by atoms with van der Waals surface area (Å²) in [5, 5.41) is 0.849. The van der Waals surface area contributed by atoms with Crippen molar-refractivity contribution in [2.75, 3.05) is 0 Å². The Hall–Kier alpha value is -2.36. The number of fused-ring (bicyclic) bond motifs is 1. The second-order valence-corrected chi connectivity index (χ2v) is 8.71. The topological polar surface area (TPSA) is 56.5 Å². The van der Waals surface area contributed by atoms with Crippen molar-refractivity contribution in [3.05, 3.63) is 52.4 Å². The van der Waals surface area contributed by atoms with Gasteiger partial charge in [0.1, 0.15) is 11.3 Å². The molecule has 0 radical (unpaired) electrons. The third kappa shape index (κ3) is 10.3. The van der Waals surface area contributed by atoms with Gasteiger partial charge in [-0.2, -0.15) is 0 Å². The Bertz CT molecular complexity index is 894. The maximum absolute atomic E-state index is 12.1. The smallest absolute Gasteiger partial charge is 0.336 e. The molecule has 0 spiro atoms. The number of ether oxygens (including phenoxy) is 1. The molecule has 0 aliphatic rings. The Morgan fingerprint density at radius 1 is 0.875 bits per heavy atom. The number of hydrogen-bond donors (Lipinski definition) is 0. The lowest BCUT2D eigenvalue weighted by Crippen LogP contribution is -2.07. The molecule has 176 valence electrons. The molecule has 0 bridgehead atoms. The molecule has 1 aromatic heterocycles. The first-order chi connectivity index (χ1) is 15.6. The molecule has 0 saturated heterocycles. The zero-order chi connectivity index (χ0) is 23.0. The largest absolute Gasteiger partial charge is 0.426 e. The van der Waals surface area contributed by atoms with Crippen molar-refractivity contribution in [1.82, 2.24) is 0 Å². The summed E-state index contributed by atoms with van der Waals surface area (Å²) in [7, 11) is 0. The first-order valence-corrected chi connectivity index (χ1v) is 12.5. The third-order valence-corrected chi connectivity index (χ3v) is 5.80. The van der Waals surface area contributed by atoms with Crippen LogP contribution in [0.1, 0.15) is 102 Å². The summed E-state index contributed by atoms with van der Waals surface area (Å²) in [6.07, 6.45) is 21.1. The minimum atomic E-state index is -0.397. The molecule has 0 atom stereocenters. The molecule has 0 unspecified atom stereocenters. The van der Waals surface area contributed by atoms with Crippen molar-refractivity contribution < 1.29 is 13.9 Å². The van der Waals surface area contributed by atoms with Crippen LogP contribution in [0.2, 0.25) is 0 Å². The second-order valence-electron chi connectivity index (χ2n) is 8.71. The highest BCUT2D eigenvalue weighted by molar-refractivity contribution is 5.82. The number of rotatable bonds is 16. The van der Waals surface area contributed by atoms with Crippen LogP contribution in [0.25, 0.3) is 11.0 Å². The van der Waals surface area contributed by atoms with E-state index in [9.17, 15) is 9.59 Å². The van der Waals surface area contributed by atoms with Crippen LogP contribution in [0.4, 0.5) is 0 Å². The van der Waals surface area contributed by atoms with E-state index >= 15 is 0 Å². The van der Waals surface area contributed by atoms with Crippen molar-refractivity contribution in [3.63, 3.8) is 0 Å².